The summed E-state index contributed by atoms with van der Waals surface area (Å²) in [7, 11) is 0. The lowest BCUT2D eigenvalue weighted by Gasteiger charge is -2.32. The Hall–Kier alpha value is -4.03. The van der Waals surface area contributed by atoms with Crippen molar-refractivity contribution in [2.45, 2.75) is 25.4 Å². The molecule has 176 valence electrons. The van der Waals surface area contributed by atoms with Gasteiger partial charge in [-0.2, -0.15) is 0 Å². The minimum atomic E-state index is -0.0391. The molecule has 0 atom stereocenters. The summed E-state index contributed by atoms with van der Waals surface area (Å²) in [5, 5.41) is 6.53. The van der Waals surface area contributed by atoms with E-state index in [9.17, 15) is 4.79 Å². The van der Waals surface area contributed by atoms with Crippen molar-refractivity contribution in [2.75, 3.05) is 18.4 Å². The lowest BCUT2D eigenvalue weighted by molar-refractivity contribution is 0.0909. The van der Waals surface area contributed by atoms with Crippen molar-refractivity contribution < 1.29 is 4.79 Å². The summed E-state index contributed by atoms with van der Waals surface area (Å²) < 4.78 is 0. The number of piperidine rings is 1. The highest BCUT2D eigenvalue weighted by Crippen LogP contribution is 2.22. The molecule has 1 aromatic heterocycles. The topological polar surface area (TPSA) is 70.2 Å². The van der Waals surface area contributed by atoms with Crippen LogP contribution in [0.4, 0.5) is 11.5 Å². The highest BCUT2D eigenvalue weighted by atomic mass is 16.1. The van der Waals surface area contributed by atoms with Crippen LogP contribution in [0.2, 0.25) is 0 Å². The van der Waals surface area contributed by atoms with Crippen molar-refractivity contribution in [2.24, 2.45) is 0 Å². The maximum atomic E-state index is 13.0. The fourth-order valence-electron chi connectivity index (χ4n) is 4.42. The second kappa shape index (κ2) is 10.9. The Morgan fingerprint density at radius 3 is 2.37 bits per heavy atom. The fraction of sp³-hybridized carbons (Fsp3) is 0.207. The van der Waals surface area contributed by atoms with Gasteiger partial charge in [0.1, 0.15) is 12.1 Å². The van der Waals surface area contributed by atoms with Crippen LogP contribution in [0.25, 0.3) is 11.3 Å². The Bertz CT molecular complexity index is 1250. The van der Waals surface area contributed by atoms with Crippen LogP contribution in [-0.4, -0.2) is 39.9 Å². The largest absolute Gasteiger partial charge is 0.349 e. The van der Waals surface area contributed by atoms with E-state index in [1.807, 2.05) is 66.7 Å². The lowest BCUT2D eigenvalue weighted by atomic mass is 10.0. The normalized spacial score (nSPS) is 14.4. The molecule has 0 saturated carbocycles. The van der Waals surface area contributed by atoms with E-state index < -0.39 is 0 Å². The van der Waals surface area contributed by atoms with Crippen LogP contribution in [0.1, 0.15) is 28.8 Å². The molecule has 1 saturated heterocycles. The Kier molecular flexibility index (Phi) is 7.10. The summed E-state index contributed by atoms with van der Waals surface area (Å²) in [6, 6.07) is 30.2. The SMILES string of the molecule is O=C(NC1CCN(Cc2ccccc2)CC1)c1cccc(Nc2cc(-c3ccccc3)ncn2)c1. The van der Waals surface area contributed by atoms with Gasteiger partial charge < -0.3 is 10.6 Å². The summed E-state index contributed by atoms with van der Waals surface area (Å²) in [6.07, 6.45) is 3.46. The lowest BCUT2D eigenvalue weighted by Crippen LogP contribution is -2.44. The smallest absolute Gasteiger partial charge is 0.251 e. The molecular formula is C29H29N5O. The van der Waals surface area contributed by atoms with Crippen molar-refractivity contribution >= 4 is 17.4 Å². The van der Waals surface area contributed by atoms with Crippen molar-refractivity contribution in [3.63, 3.8) is 0 Å². The molecule has 0 spiro atoms. The number of amides is 1. The summed E-state index contributed by atoms with van der Waals surface area (Å²) >= 11 is 0. The number of carbonyl (C=O) groups is 1. The number of nitrogens with zero attached hydrogens (tertiary/aromatic N) is 3. The van der Waals surface area contributed by atoms with Gasteiger partial charge in [-0.3, -0.25) is 9.69 Å². The predicted octanol–water partition coefficient (Wildman–Crippen LogP) is 5.28. The van der Waals surface area contributed by atoms with Gasteiger partial charge in [0.2, 0.25) is 0 Å². The average Bonchev–Trinajstić information content (AvgIpc) is 2.91. The summed E-state index contributed by atoms with van der Waals surface area (Å²) in [6.45, 7) is 2.93. The third-order valence-corrected chi connectivity index (χ3v) is 6.31. The zero-order valence-electron chi connectivity index (χ0n) is 19.6. The van der Waals surface area contributed by atoms with Crippen LogP contribution in [0, 0.1) is 0 Å². The molecule has 1 aliphatic heterocycles. The van der Waals surface area contributed by atoms with Gasteiger partial charge in [-0.1, -0.05) is 66.7 Å². The van der Waals surface area contributed by atoms with Crippen LogP contribution in [0.15, 0.2) is 97.3 Å². The van der Waals surface area contributed by atoms with E-state index in [0.717, 1.165) is 49.4 Å². The maximum absolute atomic E-state index is 13.0. The van der Waals surface area contributed by atoms with Gasteiger partial charge in [-0.05, 0) is 36.6 Å². The third kappa shape index (κ3) is 6.11. The first kappa shape index (κ1) is 22.7. The van der Waals surface area contributed by atoms with Gasteiger partial charge in [0.15, 0.2) is 0 Å². The molecule has 0 aliphatic carbocycles. The molecule has 1 fully saturated rings. The minimum absolute atomic E-state index is 0.0391. The van der Waals surface area contributed by atoms with Gasteiger partial charge in [0, 0.05) is 48.6 Å². The zero-order chi connectivity index (χ0) is 23.9. The molecule has 6 nitrogen and oxygen atoms in total. The van der Waals surface area contributed by atoms with Gasteiger partial charge in [0.05, 0.1) is 5.69 Å². The Morgan fingerprint density at radius 1 is 0.857 bits per heavy atom. The van der Waals surface area contributed by atoms with E-state index in [2.05, 4.69) is 49.8 Å². The number of rotatable bonds is 7. The van der Waals surface area contributed by atoms with E-state index in [4.69, 9.17) is 0 Å². The first-order valence-electron chi connectivity index (χ1n) is 12.0. The van der Waals surface area contributed by atoms with E-state index in [-0.39, 0.29) is 11.9 Å². The highest BCUT2D eigenvalue weighted by molar-refractivity contribution is 5.95. The molecule has 4 aromatic rings. The number of hydrogen-bond acceptors (Lipinski definition) is 5. The Balaban J connectivity index is 1.17. The molecule has 2 N–H and O–H groups in total. The summed E-state index contributed by atoms with van der Waals surface area (Å²) in [5.74, 6) is 0.644. The van der Waals surface area contributed by atoms with Gasteiger partial charge in [-0.25, -0.2) is 9.97 Å². The van der Waals surface area contributed by atoms with Crippen molar-refractivity contribution in [3.05, 3.63) is 108 Å². The quantitative estimate of drug-likeness (QED) is 0.390. The molecule has 5 rings (SSSR count). The standard InChI is InChI=1S/C29H29N5O/c35-29(33-25-14-16-34(17-15-25)20-22-8-3-1-4-9-22)24-12-7-13-26(18-24)32-28-19-27(30-21-31-28)23-10-5-2-6-11-23/h1-13,18-19,21,25H,14-17,20H2,(H,33,35)(H,30,31,32). The monoisotopic (exact) mass is 463 g/mol. The predicted molar refractivity (Wildman–Crippen MR) is 139 cm³/mol. The zero-order valence-corrected chi connectivity index (χ0v) is 19.6. The van der Waals surface area contributed by atoms with E-state index in [1.54, 1.807) is 6.33 Å². The number of benzene rings is 3. The molecule has 0 bridgehead atoms. The number of aromatic nitrogens is 2. The average molecular weight is 464 g/mol. The molecular weight excluding hydrogens is 434 g/mol. The highest BCUT2D eigenvalue weighted by Gasteiger charge is 2.21. The molecule has 1 amide bonds. The second-order valence-electron chi connectivity index (χ2n) is 8.87. The van der Waals surface area contributed by atoms with Crippen molar-refractivity contribution in [3.8, 4) is 11.3 Å². The molecule has 1 aliphatic rings. The molecule has 35 heavy (non-hydrogen) atoms. The van der Waals surface area contributed by atoms with Crippen molar-refractivity contribution in [1.29, 1.82) is 0 Å². The van der Waals surface area contributed by atoms with E-state index in [0.29, 0.717) is 11.4 Å². The first-order chi connectivity index (χ1) is 17.2. The summed E-state index contributed by atoms with van der Waals surface area (Å²) in [5.41, 5.74) is 4.66. The molecule has 6 heteroatoms. The van der Waals surface area contributed by atoms with Gasteiger partial charge in [0.25, 0.3) is 5.91 Å². The number of carbonyl (C=O) groups excluding carboxylic acids is 1. The van der Waals surface area contributed by atoms with Gasteiger partial charge >= 0.3 is 0 Å². The number of nitrogens with one attached hydrogen (secondary N) is 2. The fourth-order valence-corrected chi connectivity index (χ4v) is 4.42. The van der Waals surface area contributed by atoms with Crippen LogP contribution in [0.5, 0.6) is 0 Å². The number of anilines is 2. The minimum Gasteiger partial charge on any atom is -0.349 e. The molecule has 0 radical (unpaired) electrons. The van der Waals surface area contributed by atoms with Crippen LogP contribution in [-0.2, 0) is 6.54 Å². The van der Waals surface area contributed by atoms with Crippen LogP contribution >= 0.6 is 0 Å². The van der Waals surface area contributed by atoms with E-state index in [1.165, 1.54) is 5.56 Å². The molecule has 3 aromatic carbocycles. The van der Waals surface area contributed by atoms with Gasteiger partial charge in [-0.15, -0.1) is 0 Å². The summed E-state index contributed by atoms with van der Waals surface area (Å²) in [4.78, 5) is 24.1. The van der Waals surface area contributed by atoms with Crippen LogP contribution < -0.4 is 10.6 Å². The molecule has 2 heterocycles. The second-order valence-corrected chi connectivity index (χ2v) is 8.87. The van der Waals surface area contributed by atoms with E-state index >= 15 is 0 Å². The van der Waals surface area contributed by atoms with Crippen molar-refractivity contribution in [1.82, 2.24) is 20.2 Å². The third-order valence-electron chi connectivity index (χ3n) is 6.31. The number of hydrogen-bond donors (Lipinski definition) is 2. The maximum Gasteiger partial charge on any atom is 0.251 e. The number of likely N-dealkylation sites (tertiary alicyclic amines) is 1. The Labute approximate surface area is 206 Å². The molecule has 0 unspecified atom stereocenters. The first-order valence-corrected chi connectivity index (χ1v) is 12.0. The van der Waals surface area contributed by atoms with Crippen LogP contribution in [0.3, 0.4) is 0 Å². The Morgan fingerprint density at radius 2 is 1.60 bits per heavy atom.